The molecule has 0 aliphatic carbocycles. The molecule has 144 valence electrons. The van der Waals surface area contributed by atoms with Gasteiger partial charge in [0.15, 0.2) is 0 Å². The lowest BCUT2D eigenvalue weighted by atomic mass is 10.1. The Morgan fingerprint density at radius 3 is 2.25 bits per heavy atom. The van der Waals surface area contributed by atoms with Crippen LogP contribution >= 0.6 is 11.3 Å². The Balaban J connectivity index is 1.66. The zero-order valence-corrected chi connectivity index (χ0v) is 16.6. The highest BCUT2D eigenvalue weighted by molar-refractivity contribution is 7.89. The summed E-state index contributed by atoms with van der Waals surface area (Å²) in [4.78, 5) is 24.8. The van der Waals surface area contributed by atoms with E-state index in [1.807, 2.05) is 6.07 Å². The van der Waals surface area contributed by atoms with Crippen molar-refractivity contribution in [2.45, 2.75) is 18.4 Å². The second-order valence-electron chi connectivity index (χ2n) is 5.99. The van der Waals surface area contributed by atoms with Gasteiger partial charge in [-0.1, -0.05) is 30.3 Å². The Labute approximate surface area is 167 Å². The number of thiophene rings is 1. The normalized spacial score (nSPS) is 11.2. The van der Waals surface area contributed by atoms with Crippen LogP contribution in [0.5, 0.6) is 0 Å². The quantitative estimate of drug-likeness (QED) is 0.580. The molecule has 1 heterocycles. The molecule has 2 aromatic carbocycles. The molecule has 0 radical (unpaired) electrons. The van der Waals surface area contributed by atoms with Gasteiger partial charge in [0.05, 0.1) is 9.77 Å². The first-order valence-corrected chi connectivity index (χ1v) is 10.7. The van der Waals surface area contributed by atoms with E-state index < -0.39 is 10.0 Å². The predicted octanol–water partition coefficient (Wildman–Crippen LogP) is 3.42. The fourth-order valence-electron chi connectivity index (χ4n) is 2.50. The van der Waals surface area contributed by atoms with Gasteiger partial charge >= 0.3 is 0 Å². The first kappa shape index (κ1) is 19.9. The van der Waals surface area contributed by atoms with E-state index in [9.17, 15) is 18.0 Å². The number of benzene rings is 2. The van der Waals surface area contributed by atoms with Crippen molar-refractivity contribution in [1.82, 2.24) is 4.72 Å². The van der Waals surface area contributed by atoms with Crippen molar-refractivity contribution >= 4 is 38.7 Å². The molecule has 8 heteroatoms. The van der Waals surface area contributed by atoms with Gasteiger partial charge in [0.1, 0.15) is 0 Å². The summed E-state index contributed by atoms with van der Waals surface area (Å²) in [6.45, 7) is 1.46. The zero-order valence-electron chi connectivity index (χ0n) is 15.0. The molecule has 0 aliphatic heterocycles. The molecule has 0 saturated carbocycles. The third kappa shape index (κ3) is 4.92. The molecule has 0 bridgehead atoms. The van der Waals surface area contributed by atoms with Crippen LogP contribution in [0.25, 0.3) is 0 Å². The summed E-state index contributed by atoms with van der Waals surface area (Å²) in [5, 5.41) is 2.58. The van der Waals surface area contributed by atoms with E-state index in [1.54, 1.807) is 36.4 Å². The SMILES string of the molecule is CC(=O)Nc1ccc(S(=O)(=O)NCc2ccc(C(=O)c3ccccc3)s2)cc1. The van der Waals surface area contributed by atoms with Gasteiger partial charge in [0, 0.05) is 29.6 Å². The second kappa shape index (κ2) is 8.47. The van der Waals surface area contributed by atoms with E-state index >= 15 is 0 Å². The Bertz CT molecular complexity index is 1090. The number of nitrogens with one attached hydrogen (secondary N) is 2. The summed E-state index contributed by atoms with van der Waals surface area (Å²) >= 11 is 1.26. The highest BCUT2D eigenvalue weighted by Gasteiger charge is 2.16. The van der Waals surface area contributed by atoms with E-state index in [0.717, 1.165) is 4.88 Å². The number of carbonyl (C=O) groups excluding carboxylic acids is 2. The summed E-state index contributed by atoms with van der Waals surface area (Å²) in [5.41, 5.74) is 1.12. The standard InChI is InChI=1S/C20H18N2O4S2/c1-14(23)22-16-7-10-18(11-8-16)28(25,26)21-13-17-9-12-19(27-17)20(24)15-5-3-2-4-6-15/h2-12,21H,13H2,1H3,(H,22,23). The molecule has 0 fully saturated rings. The van der Waals surface area contributed by atoms with Crippen LogP contribution in [0.3, 0.4) is 0 Å². The summed E-state index contributed by atoms with van der Waals surface area (Å²) in [7, 11) is -3.71. The molecule has 28 heavy (non-hydrogen) atoms. The number of hydrogen-bond donors (Lipinski definition) is 2. The van der Waals surface area contributed by atoms with E-state index in [2.05, 4.69) is 10.0 Å². The smallest absolute Gasteiger partial charge is 0.240 e. The molecule has 0 atom stereocenters. The summed E-state index contributed by atoms with van der Waals surface area (Å²) < 4.78 is 27.4. The van der Waals surface area contributed by atoms with Gasteiger partial charge < -0.3 is 5.32 Å². The number of rotatable bonds is 7. The van der Waals surface area contributed by atoms with Crippen molar-refractivity contribution in [1.29, 1.82) is 0 Å². The van der Waals surface area contributed by atoms with Crippen molar-refractivity contribution < 1.29 is 18.0 Å². The van der Waals surface area contributed by atoms with Gasteiger partial charge in [-0.3, -0.25) is 9.59 Å². The largest absolute Gasteiger partial charge is 0.326 e. The lowest BCUT2D eigenvalue weighted by molar-refractivity contribution is -0.114. The number of sulfonamides is 1. The average molecular weight is 415 g/mol. The minimum Gasteiger partial charge on any atom is -0.326 e. The van der Waals surface area contributed by atoms with E-state index in [4.69, 9.17) is 0 Å². The first-order valence-electron chi connectivity index (χ1n) is 8.41. The number of carbonyl (C=O) groups is 2. The average Bonchev–Trinajstić information content (AvgIpc) is 3.16. The lowest BCUT2D eigenvalue weighted by Crippen LogP contribution is -2.22. The Morgan fingerprint density at radius 1 is 0.929 bits per heavy atom. The van der Waals surface area contributed by atoms with Crippen LogP contribution in [-0.4, -0.2) is 20.1 Å². The molecule has 0 unspecified atom stereocenters. The highest BCUT2D eigenvalue weighted by atomic mass is 32.2. The van der Waals surface area contributed by atoms with Crippen molar-refractivity contribution in [2.24, 2.45) is 0 Å². The number of hydrogen-bond acceptors (Lipinski definition) is 5. The van der Waals surface area contributed by atoms with Gasteiger partial charge in [-0.05, 0) is 36.4 Å². The molecule has 1 aromatic heterocycles. The number of ketones is 1. The van der Waals surface area contributed by atoms with Crippen molar-refractivity contribution in [2.75, 3.05) is 5.32 Å². The topological polar surface area (TPSA) is 92.3 Å². The van der Waals surface area contributed by atoms with E-state index in [1.165, 1.54) is 42.5 Å². The Hall–Kier alpha value is -2.81. The molecule has 3 aromatic rings. The second-order valence-corrected chi connectivity index (χ2v) is 8.93. The fraction of sp³-hybridized carbons (Fsp3) is 0.100. The Kier molecular flexibility index (Phi) is 6.03. The van der Waals surface area contributed by atoms with Crippen LogP contribution in [-0.2, 0) is 21.4 Å². The van der Waals surface area contributed by atoms with Crippen LogP contribution in [0.1, 0.15) is 27.0 Å². The molecule has 0 spiro atoms. The van der Waals surface area contributed by atoms with E-state index in [-0.39, 0.29) is 23.1 Å². The third-order valence-electron chi connectivity index (χ3n) is 3.84. The van der Waals surface area contributed by atoms with Crippen molar-refractivity contribution in [3.63, 3.8) is 0 Å². The van der Waals surface area contributed by atoms with Gasteiger partial charge in [0.25, 0.3) is 0 Å². The van der Waals surface area contributed by atoms with Crippen molar-refractivity contribution in [3.8, 4) is 0 Å². The molecule has 2 N–H and O–H groups in total. The maximum absolute atomic E-state index is 12.4. The summed E-state index contributed by atoms with van der Waals surface area (Å²) in [5.74, 6) is -0.319. The minimum absolute atomic E-state index is 0.0858. The third-order valence-corrected chi connectivity index (χ3v) is 6.34. The molecule has 1 amide bonds. The van der Waals surface area contributed by atoms with Crippen LogP contribution in [0, 0.1) is 0 Å². The first-order chi connectivity index (χ1) is 13.3. The van der Waals surface area contributed by atoms with Gasteiger partial charge in [-0.2, -0.15) is 0 Å². The molecule has 3 rings (SSSR count). The fourth-order valence-corrected chi connectivity index (χ4v) is 4.50. The molecule has 0 aliphatic rings. The molecule has 0 saturated heterocycles. The summed E-state index contributed by atoms with van der Waals surface area (Å²) in [6.07, 6.45) is 0. The molecular formula is C20H18N2O4S2. The number of anilines is 1. The van der Waals surface area contributed by atoms with Gasteiger partial charge in [0.2, 0.25) is 21.7 Å². The minimum atomic E-state index is -3.71. The zero-order chi connectivity index (χ0) is 20.1. The van der Waals surface area contributed by atoms with Crippen LogP contribution < -0.4 is 10.0 Å². The Morgan fingerprint density at radius 2 is 1.61 bits per heavy atom. The van der Waals surface area contributed by atoms with Crippen molar-refractivity contribution in [3.05, 3.63) is 82.0 Å². The molecule has 6 nitrogen and oxygen atoms in total. The highest BCUT2D eigenvalue weighted by Crippen LogP contribution is 2.21. The van der Waals surface area contributed by atoms with Gasteiger partial charge in [-0.15, -0.1) is 11.3 Å². The maximum Gasteiger partial charge on any atom is 0.240 e. The van der Waals surface area contributed by atoms with Gasteiger partial charge in [-0.25, -0.2) is 13.1 Å². The van der Waals surface area contributed by atoms with E-state index in [0.29, 0.717) is 16.1 Å². The van der Waals surface area contributed by atoms with Crippen LogP contribution in [0.4, 0.5) is 5.69 Å². The van der Waals surface area contributed by atoms with Crippen LogP contribution in [0.2, 0.25) is 0 Å². The maximum atomic E-state index is 12.4. The van der Waals surface area contributed by atoms with Crippen LogP contribution in [0.15, 0.2) is 71.6 Å². The predicted molar refractivity (Wildman–Crippen MR) is 109 cm³/mol. The monoisotopic (exact) mass is 414 g/mol. The lowest BCUT2D eigenvalue weighted by Gasteiger charge is -2.07. The number of amides is 1. The molecular weight excluding hydrogens is 396 g/mol. The summed E-state index contributed by atoms with van der Waals surface area (Å²) in [6, 6.07) is 18.3.